The molecule has 10 heteroatoms. The molecule has 3 fully saturated rings. The van der Waals surface area contributed by atoms with E-state index in [9.17, 15) is 19.5 Å². The molecular formula is C30H39BrN2O6S. The first-order valence-corrected chi connectivity index (χ1v) is 15.7. The van der Waals surface area contributed by atoms with Gasteiger partial charge in [-0.15, -0.1) is 24.9 Å². The van der Waals surface area contributed by atoms with E-state index >= 15 is 0 Å². The second-order valence-corrected chi connectivity index (χ2v) is 13.2. The molecule has 3 heterocycles. The van der Waals surface area contributed by atoms with Crippen molar-refractivity contribution in [2.75, 3.05) is 38.3 Å². The zero-order valence-electron chi connectivity index (χ0n) is 23.0. The number of benzene rings is 1. The Morgan fingerprint density at radius 1 is 1.20 bits per heavy atom. The summed E-state index contributed by atoms with van der Waals surface area (Å²) in [5.74, 6) is -1.27. The lowest BCUT2D eigenvalue weighted by molar-refractivity contribution is -0.154. The molecule has 0 radical (unpaired) electrons. The lowest BCUT2D eigenvalue weighted by Gasteiger charge is -2.37. The van der Waals surface area contributed by atoms with Gasteiger partial charge in [-0.1, -0.05) is 28.1 Å². The number of hydrogen-bond acceptors (Lipinski definition) is 7. The fourth-order valence-electron chi connectivity index (χ4n) is 6.35. The lowest BCUT2D eigenvalue weighted by atomic mass is 9.71. The van der Waals surface area contributed by atoms with Gasteiger partial charge in [-0.3, -0.25) is 14.4 Å². The van der Waals surface area contributed by atoms with Gasteiger partial charge in [0.25, 0.3) is 5.91 Å². The number of allylic oxidation sites excluding steroid dienone is 1. The van der Waals surface area contributed by atoms with Crippen LogP contribution in [0.4, 0.5) is 5.69 Å². The summed E-state index contributed by atoms with van der Waals surface area (Å²) in [5, 5.41) is 9.11. The number of amides is 2. The van der Waals surface area contributed by atoms with Crippen LogP contribution in [-0.2, 0) is 19.1 Å². The Balaban J connectivity index is 1.69. The van der Waals surface area contributed by atoms with Gasteiger partial charge in [0.05, 0.1) is 30.3 Å². The van der Waals surface area contributed by atoms with Crippen LogP contribution >= 0.6 is 27.7 Å². The van der Waals surface area contributed by atoms with Crippen molar-refractivity contribution in [1.29, 1.82) is 0 Å². The average molecular weight is 636 g/mol. The number of fused-ring (bicyclic) bond motifs is 1. The molecule has 218 valence electrons. The maximum Gasteiger partial charge on any atom is 0.310 e. The predicted molar refractivity (Wildman–Crippen MR) is 161 cm³/mol. The summed E-state index contributed by atoms with van der Waals surface area (Å²) in [6, 6.07) is 6.51. The second-order valence-electron chi connectivity index (χ2n) is 10.5. The minimum atomic E-state index is -0.749. The Kier molecular flexibility index (Phi) is 10.4. The molecular weight excluding hydrogens is 596 g/mol. The summed E-state index contributed by atoms with van der Waals surface area (Å²) in [7, 11) is 1.59. The van der Waals surface area contributed by atoms with Crippen molar-refractivity contribution >= 4 is 51.2 Å². The number of aliphatic hydroxyl groups excluding tert-OH is 1. The van der Waals surface area contributed by atoms with E-state index in [0.29, 0.717) is 43.7 Å². The molecule has 0 aliphatic carbocycles. The van der Waals surface area contributed by atoms with Crippen LogP contribution < -0.4 is 9.64 Å². The second kappa shape index (κ2) is 13.6. The Morgan fingerprint density at radius 3 is 2.60 bits per heavy atom. The number of hydrogen-bond donors (Lipinski definition) is 1. The Hall–Kier alpha value is -2.30. The van der Waals surface area contributed by atoms with Gasteiger partial charge < -0.3 is 24.4 Å². The summed E-state index contributed by atoms with van der Waals surface area (Å²) in [6.07, 6.45) is 7.51. The lowest BCUT2D eigenvalue weighted by Crippen LogP contribution is -2.55. The van der Waals surface area contributed by atoms with Gasteiger partial charge in [-0.25, -0.2) is 0 Å². The maximum absolute atomic E-state index is 14.5. The third-order valence-electron chi connectivity index (χ3n) is 8.11. The van der Waals surface area contributed by atoms with Crippen LogP contribution in [0.3, 0.4) is 0 Å². The molecule has 40 heavy (non-hydrogen) atoms. The van der Waals surface area contributed by atoms with Crippen molar-refractivity contribution in [3.05, 3.63) is 49.6 Å². The number of unbranched alkanes of at least 4 members (excludes halogenated alkanes) is 3. The summed E-state index contributed by atoms with van der Waals surface area (Å²) in [5.41, 5.74) is 0.685. The normalized spacial score (nSPS) is 28.3. The van der Waals surface area contributed by atoms with E-state index in [0.717, 1.165) is 12.8 Å². The number of rotatable bonds is 15. The third-order valence-corrected chi connectivity index (χ3v) is 11.3. The molecule has 2 bridgehead atoms. The van der Waals surface area contributed by atoms with Gasteiger partial charge in [0, 0.05) is 35.5 Å². The predicted octanol–water partition coefficient (Wildman–Crippen LogP) is 4.35. The number of alkyl halides is 1. The minimum absolute atomic E-state index is 0.0224. The number of ether oxygens (including phenoxy) is 2. The van der Waals surface area contributed by atoms with Gasteiger partial charge in [0.2, 0.25) is 5.91 Å². The SMILES string of the molecule is C=CCCCOC(=O)[C@H]1[C@H]2C(=O)N(CCCCCO)C(C(=O)N(CC=C)c3ccc(OC)cc3)C23CC(Br)[C@@H]1S3. The first-order chi connectivity index (χ1) is 19.3. The van der Waals surface area contributed by atoms with Gasteiger partial charge >= 0.3 is 5.97 Å². The zero-order chi connectivity index (χ0) is 28.9. The molecule has 8 nitrogen and oxygen atoms in total. The summed E-state index contributed by atoms with van der Waals surface area (Å²) in [6.45, 7) is 8.60. The standard InChI is InChI=1S/C30H39BrN2O6S/c1-4-6-10-18-39-29(37)23-24-27(35)33(16-8-7-9-17-34)26(30(24)19-22(31)25(23)40-30)28(36)32(15-5-2)20-11-13-21(38-3)14-12-20/h4-5,11-14,22-26,34H,1-2,6-10,15-19H2,3H3/t22?,23-,24-,25-,26?,30?/m0/s1. The minimum Gasteiger partial charge on any atom is -0.497 e. The van der Waals surface area contributed by atoms with Crippen LogP contribution in [0, 0.1) is 11.8 Å². The van der Waals surface area contributed by atoms with Crippen molar-refractivity contribution in [3.8, 4) is 5.75 Å². The highest BCUT2D eigenvalue weighted by molar-refractivity contribution is 9.09. The van der Waals surface area contributed by atoms with E-state index in [1.54, 1.807) is 53.0 Å². The van der Waals surface area contributed by atoms with Crippen LogP contribution in [-0.4, -0.2) is 82.1 Å². The highest BCUT2D eigenvalue weighted by Gasteiger charge is 2.76. The van der Waals surface area contributed by atoms with Crippen molar-refractivity contribution in [1.82, 2.24) is 4.90 Å². The van der Waals surface area contributed by atoms with Crippen LogP contribution in [0.1, 0.15) is 38.5 Å². The number of carbonyl (C=O) groups excluding carboxylic acids is 3. The van der Waals surface area contributed by atoms with Gasteiger partial charge in [-0.2, -0.15) is 0 Å². The molecule has 3 saturated heterocycles. The number of anilines is 1. The van der Waals surface area contributed by atoms with Crippen LogP contribution in [0.5, 0.6) is 5.75 Å². The number of likely N-dealkylation sites (tertiary alicyclic amines) is 1. The van der Waals surface area contributed by atoms with Gasteiger partial charge in [0.1, 0.15) is 11.8 Å². The highest BCUT2D eigenvalue weighted by atomic mass is 79.9. The molecule has 1 aromatic carbocycles. The van der Waals surface area contributed by atoms with Gasteiger partial charge in [0.15, 0.2) is 0 Å². The molecule has 1 aromatic rings. The number of esters is 1. The molecule has 3 aliphatic heterocycles. The zero-order valence-corrected chi connectivity index (χ0v) is 25.4. The smallest absolute Gasteiger partial charge is 0.310 e. The van der Waals surface area contributed by atoms with Crippen molar-refractivity contribution in [2.24, 2.45) is 11.8 Å². The largest absolute Gasteiger partial charge is 0.497 e. The number of nitrogens with zero attached hydrogens (tertiary/aromatic N) is 2. The van der Waals surface area contributed by atoms with Crippen molar-refractivity contribution in [3.63, 3.8) is 0 Å². The highest BCUT2D eigenvalue weighted by Crippen LogP contribution is 2.68. The molecule has 2 amide bonds. The Bertz CT molecular complexity index is 1100. The van der Waals surface area contributed by atoms with E-state index in [-0.39, 0.29) is 47.6 Å². The fraction of sp³-hybridized carbons (Fsp3) is 0.567. The Morgan fingerprint density at radius 2 is 1.95 bits per heavy atom. The summed E-state index contributed by atoms with van der Waals surface area (Å²) in [4.78, 5) is 45.5. The van der Waals surface area contributed by atoms with Gasteiger partial charge in [-0.05, 0) is 62.8 Å². The van der Waals surface area contributed by atoms with Crippen LogP contribution in [0.25, 0.3) is 0 Å². The number of aliphatic hydroxyl groups is 1. The van der Waals surface area contributed by atoms with Crippen molar-refractivity contribution < 1.29 is 29.0 Å². The molecule has 6 atom stereocenters. The summed E-state index contributed by atoms with van der Waals surface area (Å²) >= 11 is 5.39. The van der Waals surface area contributed by atoms with E-state index < -0.39 is 22.6 Å². The van der Waals surface area contributed by atoms with E-state index in [4.69, 9.17) is 9.47 Å². The third kappa shape index (κ3) is 5.72. The molecule has 1 N–H and O–H groups in total. The monoisotopic (exact) mass is 634 g/mol. The number of thioether (sulfide) groups is 1. The van der Waals surface area contributed by atoms with Crippen LogP contribution in [0.2, 0.25) is 0 Å². The number of methoxy groups -OCH3 is 1. The molecule has 1 spiro atoms. The topological polar surface area (TPSA) is 96.4 Å². The molecule has 0 saturated carbocycles. The fourth-order valence-corrected chi connectivity index (χ4v) is 9.94. The maximum atomic E-state index is 14.5. The van der Waals surface area contributed by atoms with E-state index in [1.807, 2.05) is 12.1 Å². The average Bonchev–Trinajstić information content (AvgIpc) is 3.55. The summed E-state index contributed by atoms with van der Waals surface area (Å²) < 4.78 is 10.2. The number of carbonyl (C=O) groups is 3. The van der Waals surface area contributed by atoms with E-state index in [1.165, 1.54) is 0 Å². The molecule has 0 aromatic heterocycles. The molecule has 4 rings (SSSR count). The van der Waals surface area contributed by atoms with Crippen LogP contribution in [0.15, 0.2) is 49.6 Å². The molecule has 3 unspecified atom stereocenters. The first-order valence-electron chi connectivity index (χ1n) is 13.9. The van der Waals surface area contributed by atoms with E-state index in [2.05, 4.69) is 29.1 Å². The first kappa shape index (κ1) is 30.7. The number of halogens is 1. The quantitative estimate of drug-likeness (QED) is 0.133. The Labute approximate surface area is 249 Å². The van der Waals surface area contributed by atoms with Crippen molar-refractivity contribution in [2.45, 2.75) is 59.4 Å². The molecule has 3 aliphatic rings.